The van der Waals surface area contributed by atoms with Crippen molar-refractivity contribution in [3.05, 3.63) is 164 Å². The molecule has 0 saturated carbocycles. The Kier molecular flexibility index (Phi) is 5.83. The third-order valence-corrected chi connectivity index (χ3v) is 11.3. The minimum Gasteiger partial charge on any atom is -0.455 e. The van der Waals surface area contributed by atoms with Crippen LogP contribution in [0.15, 0.2) is 173 Å². The van der Waals surface area contributed by atoms with Gasteiger partial charge in [-0.15, -0.1) is 11.3 Å². The summed E-state index contributed by atoms with van der Waals surface area (Å²) in [7, 11) is 0. The minimum atomic E-state index is 0.872. The summed E-state index contributed by atoms with van der Waals surface area (Å²) in [5.74, 6) is 0. The molecule has 0 aliphatic heterocycles. The molecule has 0 amide bonds. The van der Waals surface area contributed by atoms with Crippen molar-refractivity contribution in [2.75, 3.05) is 4.90 Å². The maximum Gasteiger partial charge on any atom is 0.159 e. The first-order valence-corrected chi connectivity index (χ1v) is 17.7. The number of fused-ring (bicyclic) bond motifs is 12. The topological polar surface area (TPSA) is 29.5 Å². The molecule has 50 heavy (non-hydrogen) atoms. The number of nitrogens with zero attached hydrogens (tertiary/aromatic N) is 1. The van der Waals surface area contributed by atoms with Crippen LogP contribution in [-0.4, -0.2) is 0 Å². The zero-order valence-electron chi connectivity index (χ0n) is 26.8. The molecule has 3 heterocycles. The molecule has 234 valence electrons. The van der Waals surface area contributed by atoms with Gasteiger partial charge in [0.15, 0.2) is 5.58 Å². The van der Waals surface area contributed by atoms with E-state index in [1.807, 2.05) is 23.5 Å². The summed E-state index contributed by atoms with van der Waals surface area (Å²) in [5, 5.41) is 9.68. The Balaban J connectivity index is 1.10. The van der Waals surface area contributed by atoms with E-state index in [-0.39, 0.29) is 0 Å². The molecule has 3 nitrogen and oxygen atoms in total. The van der Waals surface area contributed by atoms with Crippen molar-refractivity contribution >= 4 is 103 Å². The Morgan fingerprint density at radius 3 is 1.98 bits per heavy atom. The molecule has 0 spiro atoms. The van der Waals surface area contributed by atoms with E-state index in [0.717, 1.165) is 66.7 Å². The molecule has 11 aromatic rings. The Bertz CT molecular complexity index is 3090. The summed E-state index contributed by atoms with van der Waals surface area (Å²) in [6, 6.07) is 58.0. The Labute approximate surface area is 290 Å². The van der Waals surface area contributed by atoms with Crippen molar-refractivity contribution in [1.29, 1.82) is 0 Å². The fourth-order valence-corrected chi connectivity index (χ4v) is 9.16. The third kappa shape index (κ3) is 3.97. The molecule has 4 heteroatoms. The molecular formula is C46H27NO2S. The Morgan fingerprint density at radius 1 is 0.400 bits per heavy atom. The number of rotatable bonds is 4. The average Bonchev–Trinajstić information content (AvgIpc) is 3.87. The van der Waals surface area contributed by atoms with Crippen LogP contribution in [0.3, 0.4) is 0 Å². The van der Waals surface area contributed by atoms with Crippen LogP contribution in [0, 0.1) is 0 Å². The fraction of sp³-hybridized carbons (Fsp3) is 0. The van der Waals surface area contributed by atoms with Crippen LogP contribution < -0.4 is 4.90 Å². The van der Waals surface area contributed by atoms with Gasteiger partial charge in [0, 0.05) is 58.7 Å². The highest BCUT2D eigenvalue weighted by Gasteiger charge is 2.22. The quantitative estimate of drug-likeness (QED) is 0.189. The lowest BCUT2D eigenvalue weighted by Gasteiger charge is -2.25. The number of thiophene rings is 1. The highest BCUT2D eigenvalue weighted by molar-refractivity contribution is 7.27. The van der Waals surface area contributed by atoms with Crippen LogP contribution in [0.4, 0.5) is 17.1 Å². The molecule has 11 rings (SSSR count). The van der Waals surface area contributed by atoms with Gasteiger partial charge in [0.25, 0.3) is 0 Å². The number of hydrogen-bond acceptors (Lipinski definition) is 4. The molecule has 0 unspecified atom stereocenters. The third-order valence-electron chi connectivity index (χ3n) is 10.1. The molecule has 3 aromatic heterocycles. The second-order valence-corrected chi connectivity index (χ2v) is 13.9. The fourth-order valence-electron chi connectivity index (χ4n) is 7.77. The number of hydrogen-bond donors (Lipinski definition) is 0. The predicted octanol–water partition coefficient (Wildman–Crippen LogP) is 14.1. The number of para-hydroxylation sites is 4. The van der Waals surface area contributed by atoms with Crippen molar-refractivity contribution in [3.8, 4) is 11.1 Å². The van der Waals surface area contributed by atoms with Crippen molar-refractivity contribution < 1.29 is 8.83 Å². The van der Waals surface area contributed by atoms with E-state index in [0.29, 0.717) is 0 Å². The zero-order chi connectivity index (χ0) is 32.8. The summed E-state index contributed by atoms with van der Waals surface area (Å²) < 4.78 is 15.8. The highest BCUT2D eigenvalue weighted by Crippen LogP contribution is 2.48. The molecule has 0 aliphatic carbocycles. The summed E-state index contributed by atoms with van der Waals surface area (Å²) in [5.41, 5.74) is 8.88. The van der Waals surface area contributed by atoms with Gasteiger partial charge in [0.2, 0.25) is 0 Å². The molecule has 0 saturated heterocycles. The second-order valence-electron chi connectivity index (χ2n) is 12.8. The van der Waals surface area contributed by atoms with E-state index >= 15 is 0 Å². The molecule has 0 bridgehead atoms. The maximum atomic E-state index is 6.82. The SMILES string of the molecule is c1ccc(N(c2ccc(-c3cccc4c3oc3ccccc34)cc2)c2cccc3c2oc2ccc4c5ccc6ccccc6c5sc4c23)cc1. The van der Waals surface area contributed by atoms with E-state index in [1.165, 1.54) is 36.3 Å². The minimum absolute atomic E-state index is 0.872. The second kappa shape index (κ2) is 10.6. The van der Waals surface area contributed by atoms with Gasteiger partial charge in [-0.2, -0.15) is 0 Å². The number of benzene rings is 8. The molecule has 0 aliphatic rings. The average molecular weight is 658 g/mol. The van der Waals surface area contributed by atoms with Gasteiger partial charge in [0.1, 0.15) is 16.7 Å². The summed E-state index contributed by atoms with van der Waals surface area (Å²) in [6.07, 6.45) is 0. The molecule has 0 N–H and O–H groups in total. The first-order chi connectivity index (χ1) is 24.8. The van der Waals surface area contributed by atoms with Gasteiger partial charge in [-0.1, -0.05) is 115 Å². The molecule has 0 atom stereocenters. The van der Waals surface area contributed by atoms with E-state index in [9.17, 15) is 0 Å². The van der Waals surface area contributed by atoms with E-state index < -0.39 is 0 Å². The van der Waals surface area contributed by atoms with Crippen LogP contribution in [0.5, 0.6) is 0 Å². The van der Waals surface area contributed by atoms with Crippen molar-refractivity contribution in [2.24, 2.45) is 0 Å². The Hall–Kier alpha value is -6.36. The summed E-state index contributed by atoms with van der Waals surface area (Å²) in [6.45, 7) is 0. The van der Waals surface area contributed by atoms with Crippen LogP contribution >= 0.6 is 11.3 Å². The van der Waals surface area contributed by atoms with Crippen LogP contribution in [0.1, 0.15) is 0 Å². The molecular weight excluding hydrogens is 631 g/mol. The van der Waals surface area contributed by atoms with Crippen LogP contribution in [0.2, 0.25) is 0 Å². The lowest BCUT2D eigenvalue weighted by Crippen LogP contribution is -2.10. The molecule has 0 radical (unpaired) electrons. The first kappa shape index (κ1) is 27.6. The lowest BCUT2D eigenvalue weighted by atomic mass is 10.0. The van der Waals surface area contributed by atoms with Gasteiger partial charge in [-0.05, 0) is 64.9 Å². The standard InChI is InChI=1S/C46H27NO2S/c1-2-11-30(12-3-1)47(31-23-20-29(21-24-31)32-15-8-16-35-34-14-6-7-19-40(34)48-43(32)35)39-18-9-17-38-42-41(49-44(38)39)27-26-37-36-25-22-28-10-4-5-13-33(28)45(36)50-46(37)42/h1-27H. The van der Waals surface area contributed by atoms with Crippen molar-refractivity contribution in [2.45, 2.75) is 0 Å². The summed E-state index contributed by atoms with van der Waals surface area (Å²) in [4.78, 5) is 2.30. The Morgan fingerprint density at radius 2 is 1.08 bits per heavy atom. The van der Waals surface area contributed by atoms with E-state index in [2.05, 4.69) is 157 Å². The number of anilines is 3. The van der Waals surface area contributed by atoms with Gasteiger partial charge in [-0.3, -0.25) is 0 Å². The van der Waals surface area contributed by atoms with Gasteiger partial charge in [0.05, 0.1) is 5.69 Å². The normalized spacial score (nSPS) is 12.0. The van der Waals surface area contributed by atoms with Gasteiger partial charge >= 0.3 is 0 Å². The van der Waals surface area contributed by atoms with E-state index in [4.69, 9.17) is 8.83 Å². The monoisotopic (exact) mass is 657 g/mol. The lowest BCUT2D eigenvalue weighted by molar-refractivity contribution is 0.669. The maximum absolute atomic E-state index is 6.82. The first-order valence-electron chi connectivity index (χ1n) is 16.8. The molecule has 0 fully saturated rings. The smallest absolute Gasteiger partial charge is 0.159 e. The van der Waals surface area contributed by atoms with Gasteiger partial charge in [-0.25, -0.2) is 0 Å². The van der Waals surface area contributed by atoms with Crippen LogP contribution in [0.25, 0.3) is 85.9 Å². The highest BCUT2D eigenvalue weighted by atomic mass is 32.1. The van der Waals surface area contributed by atoms with Crippen molar-refractivity contribution in [3.63, 3.8) is 0 Å². The summed E-state index contributed by atoms with van der Waals surface area (Å²) >= 11 is 1.87. The van der Waals surface area contributed by atoms with E-state index in [1.54, 1.807) is 0 Å². The van der Waals surface area contributed by atoms with Crippen molar-refractivity contribution in [1.82, 2.24) is 0 Å². The van der Waals surface area contributed by atoms with Gasteiger partial charge < -0.3 is 13.7 Å². The predicted molar refractivity (Wildman–Crippen MR) is 212 cm³/mol. The van der Waals surface area contributed by atoms with Crippen LogP contribution in [-0.2, 0) is 0 Å². The molecule has 8 aromatic carbocycles. The number of furan rings is 2. The zero-order valence-corrected chi connectivity index (χ0v) is 27.6. The largest absolute Gasteiger partial charge is 0.455 e.